The molecule has 0 bridgehead atoms. The molecule has 0 fully saturated rings. The van der Waals surface area contributed by atoms with Crippen LogP contribution in [0.4, 0.5) is 0 Å². The molecule has 0 saturated carbocycles. The van der Waals surface area contributed by atoms with Gasteiger partial charge in [-0.25, -0.2) is 5.10 Å². The Labute approximate surface area is 105 Å². The van der Waals surface area contributed by atoms with Crippen LogP contribution in [-0.4, -0.2) is 38.7 Å². The van der Waals surface area contributed by atoms with E-state index in [0.717, 1.165) is 25.2 Å². The van der Waals surface area contributed by atoms with E-state index in [1.165, 1.54) is 17.6 Å². The van der Waals surface area contributed by atoms with Crippen LogP contribution in [0.25, 0.3) is 0 Å². The number of H-pyrrole nitrogens is 1. The first-order valence-corrected chi connectivity index (χ1v) is 5.95. The quantitative estimate of drug-likeness (QED) is 0.865. The molecule has 3 rings (SSSR count). The Hall–Kier alpha value is -1.95. The van der Waals surface area contributed by atoms with Gasteiger partial charge in [0.1, 0.15) is 12.9 Å². The molecule has 6 nitrogen and oxygen atoms in total. The van der Waals surface area contributed by atoms with Gasteiger partial charge in [-0.1, -0.05) is 6.07 Å². The molecule has 1 aliphatic heterocycles. The third-order valence-electron chi connectivity index (χ3n) is 3.05. The Kier molecular flexibility index (Phi) is 2.93. The summed E-state index contributed by atoms with van der Waals surface area (Å²) in [7, 11) is 2.13. The number of ether oxygens (including phenoxy) is 1. The maximum atomic E-state index is 5.44. The SMILES string of the molecule is CN1CCc2nc(COc3ncn[nH]3)ccc2C1. The fourth-order valence-corrected chi connectivity index (χ4v) is 2.09. The molecule has 1 aliphatic rings. The van der Waals surface area contributed by atoms with Crippen molar-refractivity contribution in [2.24, 2.45) is 0 Å². The molecule has 0 radical (unpaired) electrons. The van der Waals surface area contributed by atoms with Gasteiger partial charge in [0.15, 0.2) is 0 Å². The number of pyridine rings is 1. The normalized spacial score (nSPS) is 15.4. The van der Waals surface area contributed by atoms with Crippen LogP contribution >= 0.6 is 0 Å². The van der Waals surface area contributed by atoms with Crippen LogP contribution in [0.1, 0.15) is 17.0 Å². The van der Waals surface area contributed by atoms with Crippen LogP contribution in [0.2, 0.25) is 0 Å². The van der Waals surface area contributed by atoms with E-state index in [4.69, 9.17) is 4.74 Å². The molecule has 0 spiro atoms. The van der Waals surface area contributed by atoms with Gasteiger partial charge in [-0.05, 0) is 18.7 Å². The summed E-state index contributed by atoms with van der Waals surface area (Å²) >= 11 is 0. The van der Waals surface area contributed by atoms with Gasteiger partial charge in [0, 0.05) is 25.2 Å². The highest BCUT2D eigenvalue weighted by Gasteiger charge is 2.14. The van der Waals surface area contributed by atoms with E-state index in [1.54, 1.807) is 0 Å². The summed E-state index contributed by atoms with van der Waals surface area (Å²) in [6.07, 6.45) is 2.42. The predicted molar refractivity (Wildman–Crippen MR) is 65.0 cm³/mol. The topological polar surface area (TPSA) is 66.9 Å². The van der Waals surface area contributed by atoms with Crippen molar-refractivity contribution in [3.63, 3.8) is 0 Å². The number of rotatable bonds is 3. The van der Waals surface area contributed by atoms with Gasteiger partial charge in [-0.15, -0.1) is 0 Å². The van der Waals surface area contributed by atoms with Crippen molar-refractivity contribution in [1.82, 2.24) is 25.1 Å². The van der Waals surface area contributed by atoms with E-state index in [-0.39, 0.29) is 0 Å². The number of nitrogens with one attached hydrogen (secondary N) is 1. The summed E-state index contributed by atoms with van der Waals surface area (Å²) in [5, 5.41) is 6.38. The van der Waals surface area contributed by atoms with Crippen molar-refractivity contribution in [2.45, 2.75) is 19.6 Å². The number of likely N-dealkylation sites (N-methyl/N-ethyl adjacent to an activating group) is 1. The molecule has 6 heteroatoms. The van der Waals surface area contributed by atoms with Crippen LogP contribution in [0.15, 0.2) is 18.5 Å². The van der Waals surface area contributed by atoms with Gasteiger partial charge in [-0.3, -0.25) is 4.98 Å². The van der Waals surface area contributed by atoms with Gasteiger partial charge >= 0.3 is 6.01 Å². The fraction of sp³-hybridized carbons (Fsp3) is 0.417. The number of hydrogen-bond acceptors (Lipinski definition) is 5. The Morgan fingerprint density at radius 2 is 2.39 bits per heavy atom. The lowest BCUT2D eigenvalue weighted by molar-refractivity contribution is 0.275. The van der Waals surface area contributed by atoms with Crippen molar-refractivity contribution < 1.29 is 4.74 Å². The number of hydrogen-bond donors (Lipinski definition) is 1. The summed E-state index contributed by atoms with van der Waals surface area (Å²) in [6, 6.07) is 4.57. The maximum absolute atomic E-state index is 5.44. The van der Waals surface area contributed by atoms with Gasteiger partial charge in [0.2, 0.25) is 0 Å². The van der Waals surface area contributed by atoms with Crippen LogP contribution < -0.4 is 4.74 Å². The Balaban J connectivity index is 1.70. The average Bonchev–Trinajstić information content (AvgIpc) is 2.89. The monoisotopic (exact) mass is 245 g/mol. The number of aromatic nitrogens is 4. The van der Waals surface area contributed by atoms with Gasteiger partial charge < -0.3 is 9.64 Å². The van der Waals surface area contributed by atoms with Crippen molar-refractivity contribution in [2.75, 3.05) is 13.6 Å². The molecule has 0 aliphatic carbocycles. The van der Waals surface area contributed by atoms with Crippen molar-refractivity contribution in [3.8, 4) is 6.01 Å². The smallest absolute Gasteiger partial charge is 0.312 e. The summed E-state index contributed by atoms with van der Waals surface area (Å²) in [5.74, 6) is 0. The molecule has 1 N–H and O–H groups in total. The second kappa shape index (κ2) is 4.73. The largest absolute Gasteiger partial charge is 0.457 e. The Bertz CT molecular complexity index is 525. The molecule has 0 saturated heterocycles. The highest BCUT2D eigenvalue weighted by atomic mass is 16.5. The Morgan fingerprint density at radius 1 is 1.44 bits per heavy atom. The average molecular weight is 245 g/mol. The second-order valence-corrected chi connectivity index (χ2v) is 4.48. The zero-order valence-corrected chi connectivity index (χ0v) is 10.3. The molecule has 18 heavy (non-hydrogen) atoms. The molecule has 0 amide bonds. The van der Waals surface area contributed by atoms with Gasteiger partial charge in [0.05, 0.1) is 5.69 Å². The molecule has 2 aromatic heterocycles. The minimum absolute atomic E-state index is 0.415. The molecule has 3 heterocycles. The van der Waals surface area contributed by atoms with Crippen molar-refractivity contribution >= 4 is 0 Å². The number of nitrogens with zero attached hydrogens (tertiary/aromatic N) is 4. The van der Waals surface area contributed by atoms with E-state index in [1.807, 2.05) is 6.07 Å². The molecule has 0 aromatic carbocycles. The minimum Gasteiger partial charge on any atom is -0.457 e. The van der Waals surface area contributed by atoms with Crippen molar-refractivity contribution in [1.29, 1.82) is 0 Å². The third kappa shape index (κ3) is 2.33. The zero-order chi connectivity index (χ0) is 12.4. The number of aromatic amines is 1. The highest BCUT2D eigenvalue weighted by molar-refractivity contribution is 5.25. The van der Waals surface area contributed by atoms with Crippen LogP contribution in [0.5, 0.6) is 6.01 Å². The first kappa shape index (κ1) is 11.2. The maximum Gasteiger partial charge on any atom is 0.312 e. The van der Waals surface area contributed by atoms with Crippen LogP contribution in [0, 0.1) is 0 Å². The lowest BCUT2D eigenvalue weighted by Gasteiger charge is -2.24. The van der Waals surface area contributed by atoms with Gasteiger partial charge in [-0.2, -0.15) is 10.1 Å². The van der Waals surface area contributed by atoms with E-state index in [9.17, 15) is 0 Å². The third-order valence-corrected chi connectivity index (χ3v) is 3.05. The molecule has 94 valence electrons. The lowest BCUT2D eigenvalue weighted by Crippen LogP contribution is -2.27. The summed E-state index contributed by atoms with van der Waals surface area (Å²) in [4.78, 5) is 10.8. The molecule has 2 aromatic rings. The van der Waals surface area contributed by atoms with E-state index >= 15 is 0 Å². The number of fused-ring (bicyclic) bond motifs is 1. The first-order valence-electron chi connectivity index (χ1n) is 5.95. The molecular weight excluding hydrogens is 230 g/mol. The van der Waals surface area contributed by atoms with Gasteiger partial charge in [0.25, 0.3) is 0 Å². The summed E-state index contributed by atoms with van der Waals surface area (Å²) < 4.78 is 5.44. The van der Waals surface area contributed by atoms with E-state index in [0.29, 0.717) is 12.6 Å². The summed E-state index contributed by atoms with van der Waals surface area (Å²) in [5.41, 5.74) is 3.42. The molecular formula is C12H15N5O. The van der Waals surface area contributed by atoms with E-state index in [2.05, 4.69) is 38.2 Å². The Morgan fingerprint density at radius 3 is 3.22 bits per heavy atom. The van der Waals surface area contributed by atoms with Crippen molar-refractivity contribution in [3.05, 3.63) is 35.4 Å². The molecule has 0 unspecified atom stereocenters. The van der Waals surface area contributed by atoms with Crippen LogP contribution in [-0.2, 0) is 19.6 Å². The molecule has 0 atom stereocenters. The summed E-state index contributed by atoms with van der Waals surface area (Å²) in [6.45, 7) is 2.45. The standard InChI is InChI=1S/C12H15N5O/c1-17-5-4-11-9(6-17)2-3-10(15-11)7-18-12-13-8-14-16-12/h2-3,8H,4-7H2,1H3,(H,13,14,16). The lowest BCUT2D eigenvalue weighted by atomic mass is 10.1. The predicted octanol–water partition coefficient (Wildman–Crippen LogP) is 0.767. The zero-order valence-electron chi connectivity index (χ0n) is 10.3. The highest BCUT2D eigenvalue weighted by Crippen LogP contribution is 2.16. The fourth-order valence-electron chi connectivity index (χ4n) is 2.09. The minimum atomic E-state index is 0.415. The second-order valence-electron chi connectivity index (χ2n) is 4.48. The van der Waals surface area contributed by atoms with Crippen LogP contribution in [0.3, 0.4) is 0 Å². The van der Waals surface area contributed by atoms with E-state index < -0.39 is 0 Å². The first-order chi connectivity index (χ1) is 8.81.